The van der Waals surface area contributed by atoms with Crippen LogP contribution in [-0.4, -0.2) is 7.11 Å². The highest BCUT2D eigenvalue weighted by molar-refractivity contribution is 5.80. The van der Waals surface area contributed by atoms with E-state index >= 15 is 0 Å². The SMILES string of the molecule is C=C(/C=C\C=C/C(C)C)c1ccccc1C(=C)OC. The molecule has 1 aromatic rings. The minimum Gasteiger partial charge on any atom is -0.497 e. The topological polar surface area (TPSA) is 9.23 Å². The molecule has 0 fully saturated rings. The lowest BCUT2D eigenvalue weighted by Crippen LogP contribution is -1.92. The maximum Gasteiger partial charge on any atom is 0.119 e. The summed E-state index contributed by atoms with van der Waals surface area (Å²) in [7, 11) is 1.63. The minimum atomic E-state index is 0.554. The molecule has 0 aromatic heterocycles. The molecule has 1 heteroatoms. The van der Waals surface area contributed by atoms with Crippen molar-refractivity contribution in [2.45, 2.75) is 13.8 Å². The zero-order valence-electron chi connectivity index (χ0n) is 12.0. The monoisotopic (exact) mass is 254 g/mol. The largest absolute Gasteiger partial charge is 0.497 e. The van der Waals surface area contributed by atoms with Crippen LogP contribution in [0.25, 0.3) is 11.3 Å². The standard InChI is InChI=1S/C18H22O/c1-14(2)10-6-7-11-15(3)17-12-8-9-13-18(17)16(4)19-5/h6-14H,3-4H2,1-2,5H3/b10-6-,11-7-. The van der Waals surface area contributed by atoms with Gasteiger partial charge in [-0.3, -0.25) is 0 Å². The molecule has 19 heavy (non-hydrogen) atoms. The Balaban J connectivity index is 2.91. The van der Waals surface area contributed by atoms with Gasteiger partial charge in [0.1, 0.15) is 5.76 Å². The molecule has 0 aliphatic rings. The molecule has 0 unspecified atom stereocenters. The first-order valence-electron chi connectivity index (χ1n) is 6.42. The summed E-state index contributed by atoms with van der Waals surface area (Å²) in [5, 5.41) is 0. The first-order valence-corrected chi connectivity index (χ1v) is 6.42. The molecule has 1 nitrogen and oxygen atoms in total. The third-order valence-electron chi connectivity index (χ3n) is 2.72. The molecule has 0 saturated heterocycles. The van der Waals surface area contributed by atoms with Crippen LogP contribution in [0.4, 0.5) is 0 Å². The second kappa shape index (κ2) is 7.42. The van der Waals surface area contributed by atoms with E-state index < -0.39 is 0 Å². The van der Waals surface area contributed by atoms with E-state index in [1.54, 1.807) is 7.11 Å². The molecule has 0 N–H and O–H groups in total. The lowest BCUT2D eigenvalue weighted by atomic mass is 9.99. The summed E-state index contributed by atoms with van der Waals surface area (Å²) < 4.78 is 5.21. The van der Waals surface area contributed by atoms with Gasteiger partial charge in [-0.15, -0.1) is 0 Å². The van der Waals surface area contributed by atoms with Gasteiger partial charge in [-0.2, -0.15) is 0 Å². The maximum absolute atomic E-state index is 5.21. The number of hydrogen-bond acceptors (Lipinski definition) is 1. The summed E-state index contributed by atoms with van der Waals surface area (Å²) in [6.07, 6.45) is 8.20. The Hall–Kier alpha value is -2.02. The van der Waals surface area contributed by atoms with Gasteiger partial charge < -0.3 is 4.74 Å². The highest BCUT2D eigenvalue weighted by Gasteiger charge is 2.06. The fourth-order valence-electron chi connectivity index (χ4n) is 1.66. The molecule has 0 bridgehead atoms. The Bertz CT molecular complexity index is 504. The Kier molecular flexibility index (Phi) is 5.87. The smallest absolute Gasteiger partial charge is 0.119 e. The Morgan fingerprint density at radius 3 is 2.32 bits per heavy atom. The normalized spacial score (nSPS) is 11.4. The fraction of sp³-hybridized carbons (Fsp3) is 0.222. The molecule has 0 aliphatic heterocycles. The molecule has 0 radical (unpaired) electrons. The first kappa shape index (κ1) is 15.0. The number of ether oxygens (including phenoxy) is 1. The summed E-state index contributed by atoms with van der Waals surface area (Å²) >= 11 is 0. The van der Waals surface area contributed by atoms with Crippen LogP contribution < -0.4 is 0 Å². The maximum atomic E-state index is 5.21. The van der Waals surface area contributed by atoms with Crippen LogP contribution in [0.1, 0.15) is 25.0 Å². The van der Waals surface area contributed by atoms with Crippen molar-refractivity contribution in [3.8, 4) is 0 Å². The minimum absolute atomic E-state index is 0.554. The van der Waals surface area contributed by atoms with E-state index in [2.05, 4.69) is 33.1 Å². The van der Waals surface area contributed by atoms with Crippen molar-refractivity contribution in [2.24, 2.45) is 5.92 Å². The average Bonchev–Trinajstić information content (AvgIpc) is 2.42. The van der Waals surface area contributed by atoms with Crippen LogP contribution in [0.15, 0.2) is 61.7 Å². The van der Waals surface area contributed by atoms with Crippen molar-refractivity contribution in [3.63, 3.8) is 0 Å². The quantitative estimate of drug-likeness (QED) is 0.508. The zero-order chi connectivity index (χ0) is 14.3. The van der Waals surface area contributed by atoms with Gasteiger partial charge in [-0.1, -0.05) is 75.6 Å². The van der Waals surface area contributed by atoms with Crippen molar-refractivity contribution < 1.29 is 4.74 Å². The fourth-order valence-corrected chi connectivity index (χ4v) is 1.66. The van der Waals surface area contributed by atoms with E-state index in [0.717, 1.165) is 16.7 Å². The summed E-state index contributed by atoms with van der Waals surface area (Å²) in [6.45, 7) is 12.3. The van der Waals surface area contributed by atoms with Crippen LogP contribution >= 0.6 is 0 Å². The van der Waals surface area contributed by atoms with Gasteiger partial charge in [0, 0.05) is 5.56 Å². The molecule has 0 saturated carbocycles. The van der Waals surface area contributed by atoms with E-state index in [4.69, 9.17) is 4.74 Å². The van der Waals surface area contributed by atoms with Crippen LogP contribution in [0, 0.1) is 5.92 Å². The molecule has 100 valence electrons. The molecule has 1 rings (SSSR count). The van der Waals surface area contributed by atoms with Gasteiger partial charge >= 0.3 is 0 Å². The van der Waals surface area contributed by atoms with Gasteiger partial charge in [-0.05, 0) is 17.1 Å². The molecule has 1 aromatic carbocycles. The molecular weight excluding hydrogens is 232 g/mol. The Morgan fingerprint density at radius 2 is 1.74 bits per heavy atom. The molecular formula is C18H22O. The highest BCUT2D eigenvalue weighted by Crippen LogP contribution is 2.24. The van der Waals surface area contributed by atoms with E-state index in [0.29, 0.717) is 11.7 Å². The van der Waals surface area contributed by atoms with Crippen LogP contribution in [0.3, 0.4) is 0 Å². The molecule has 0 aliphatic carbocycles. The third kappa shape index (κ3) is 4.63. The van der Waals surface area contributed by atoms with Crippen molar-refractivity contribution in [2.75, 3.05) is 7.11 Å². The second-order valence-corrected chi connectivity index (χ2v) is 4.69. The van der Waals surface area contributed by atoms with E-state index in [-0.39, 0.29) is 0 Å². The summed E-state index contributed by atoms with van der Waals surface area (Å²) in [4.78, 5) is 0. The zero-order valence-corrected chi connectivity index (χ0v) is 12.0. The predicted molar refractivity (Wildman–Crippen MR) is 84.6 cm³/mol. The van der Waals surface area contributed by atoms with Crippen LogP contribution in [0.2, 0.25) is 0 Å². The van der Waals surface area contributed by atoms with Crippen LogP contribution in [0.5, 0.6) is 0 Å². The average molecular weight is 254 g/mol. The Morgan fingerprint density at radius 1 is 1.11 bits per heavy atom. The van der Waals surface area contributed by atoms with Gasteiger partial charge in [0.2, 0.25) is 0 Å². The lowest BCUT2D eigenvalue weighted by Gasteiger charge is -2.10. The number of methoxy groups -OCH3 is 1. The Labute approximate surface area is 116 Å². The molecule has 0 heterocycles. The summed E-state index contributed by atoms with van der Waals surface area (Å²) in [6, 6.07) is 7.98. The predicted octanol–water partition coefficient (Wildman–Crippen LogP) is 5.09. The number of rotatable bonds is 6. The van der Waals surface area contributed by atoms with Gasteiger partial charge in [0.05, 0.1) is 7.11 Å². The number of allylic oxidation sites excluding steroid dienone is 5. The molecule has 0 spiro atoms. The molecule has 0 amide bonds. The third-order valence-corrected chi connectivity index (χ3v) is 2.72. The van der Waals surface area contributed by atoms with Gasteiger partial charge in [0.25, 0.3) is 0 Å². The van der Waals surface area contributed by atoms with E-state index in [9.17, 15) is 0 Å². The van der Waals surface area contributed by atoms with Gasteiger partial charge in [-0.25, -0.2) is 0 Å². The van der Waals surface area contributed by atoms with Crippen molar-refractivity contribution in [1.29, 1.82) is 0 Å². The summed E-state index contributed by atoms with van der Waals surface area (Å²) in [5.41, 5.74) is 2.97. The lowest BCUT2D eigenvalue weighted by molar-refractivity contribution is 0.371. The van der Waals surface area contributed by atoms with Gasteiger partial charge in [0.15, 0.2) is 0 Å². The molecule has 0 atom stereocenters. The number of hydrogen-bond donors (Lipinski definition) is 0. The summed E-state index contributed by atoms with van der Waals surface area (Å²) in [5.74, 6) is 1.21. The highest BCUT2D eigenvalue weighted by atomic mass is 16.5. The van der Waals surface area contributed by atoms with E-state index in [1.165, 1.54) is 0 Å². The number of benzene rings is 1. The first-order chi connectivity index (χ1) is 9.06. The second-order valence-electron chi connectivity index (χ2n) is 4.69. The van der Waals surface area contributed by atoms with Crippen LogP contribution in [-0.2, 0) is 4.74 Å². The van der Waals surface area contributed by atoms with Crippen molar-refractivity contribution >= 4 is 11.3 Å². The van der Waals surface area contributed by atoms with Crippen molar-refractivity contribution in [1.82, 2.24) is 0 Å². The van der Waals surface area contributed by atoms with E-state index in [1.807, 2.05) is 42.5 Å². The van der Waals surface area contributed by atoms with Crippen molar-refractivity contribution in [3.05, 3.63) is 72.9 Å².